The van der Waals surface area contributed by atoms with Gasteiger partial charge in [0.15, 0.2) is 0 Å². The smallest absolute Gasteiger partial charge is 0.323 e. The second-order valence-electron chi connectivity index (χ2n) is 6.67. The van der Waals surface area contributed by atoms with Crippen molar-refractivity contribution in [3.63, 3.8) is 0 Å². The minimum absolute atomic E-state index is 0.0201. The molecule has 1 aliphatic rings. The first-order chi connectivity index (χ1) is 14.6. The molecule has 0 saturated heterocycles. The van der Waals surface area contributed by atoms with Gasteiger partial charge in [0.2, 0.25) is 0 Å². The number of ether oxygens (including phenoxy) is 2. The number of thiophene rings is 1. The number of amides is 3. The number of nitrogens with zero attached hydrogens (tertiary/aromatic N) is 1. The van der Waals surface area contributed by atoms with Crippen molar-refractivity contribution in [2.24, 2.45) is 0 Å². The maximum atomic E-state index is 12.8. The summed E-state index contributed by atoms with van der Waals surface area (Å²) in [6.45, 7) is 0.630. The van der Waals surface area contributed by atoms with Gasteiger partial charge in [0.25, 0.3) is 5.91 Å². The van der Waals surface area contributed by atoms with Gasteiger partial charge in [0.1, 0.15) is 11.5 Å². The zero-order valence-corrected chi connectivity index (χ0v) is 17.4. The summed E-state index contributed by atoms with van der Waals surface area (Å²) < 4.78 is 10.5. The molecule has 0 aliphatic carbocycles. The SMILES string of the molecule is COc1ccc(NC(=O)Nc2ccc3c(c2)N(C(=O)c2cccs2)CC3)c(OC)c1. The first-order valence-corrected chi connectivity index (χ1v) is 10.3. The van der Waals surface area contributed by atoms with Crippen molar-refractivity contribution in [1.29, 1.82) is 0 Å². The van der Waals surface area contributed by atoms with E-state index in [1.807, 2.05) is 35.7 Å². The van der Waals surface area contributed by atoms with Crippen LogP contribution in [0.15, 0.2) is 53.9 Å². The molecule has 0 radical (unpaired) electrons. The van der Waals surface area contributed by atoms with Gasteiger partial charge in [0, 0.05) is 24.0 Å². The summed E-state index contributed by atoms with van der Waals surface area (Å²) in [5.41, 5.74) is 3.03. The van der Waals surface area contributed by atoms with Crippen molar-refractivity contribution in [2.75, 3.05) is 36.3 Å². The number of hydrogen-bond acceptors (Lipinski definition) is 5. The molecule has 1 aliphatic heterocycles. The normalized spacial score (nSPS) is 12.3. The van der Waals surface area contributed by atoms with Crippen LogP contribution in [-0.4, -0.2) is 32.7 Å². The van der Waals surface area contributed by atoms with Crippen LogP contribution in [0.3, 0.4) is 0 Å². The predicted octanol–water partition coefficient (Wildman–Crippen LogP) is 4.61. The largest absolute Gasteiger partial charge is 0.497 e. The number of fused-ring (bicyclic) bond motifs is 1. The number of benzene rings is 2. The Balaban J connectivity index is 1.49. The van der Waals surface area contributed by atoms with Gasteiger partial charge in [-0.05, 0) is 47.7 Å². The second-order valence-corrected chi connectivity index (χ2v) is 7.62. The Morgan fingerprint density at radius 2 is 1.90 bits per heavy atom. The molecule has 0 bridgehead atoms. The zero-order chi connectivity index (χ0) is 21.1. The molecule has 8 heteroatoms. The maximum Gasteiger partial charge on any atom is 0.323 e. The molecule has 0 saturated carbocycles. The van der Waals surface area contributed by atoms with E-state index in [1.54, 1.807) is 30.2 Å². The van der Waals surface area contributed by atoms with Crippen LogP contribution in [0.1, 0.15) is 15.2 Å². The molecular formula is C22H21N3O4S. The fraction of sp³-hybridized carbons (Fsp3) is 0.182. The third-order valence-corrected chi connectivity index (χ3v) is 5.73. The summed E-state index contributed by atoms with van der Waals surface area (Å²) in [7, 11) is 3.09. The average Bonchev–Trinajstić information content (AvgIpc) is 3.43. The van der Waals surface area contributed by atoms with Crippen molar-refractivity contribution in [2.45, 2.75) is 6.42 Å². The van der Waals surface area contributed by atoms with Gasteiger partial charge in [-0.15, -0.1) is 11.3 Å². The molecule has 1 aromatic heterocycles. The van der Waals surface area contributed by atoms with Crippen LogP contribution in [0.4, 0.5) is 21.9 Å². The predicted molar refractivity (Wildman–Crippen MR) is 118 cm³/mol. The first kappa shape index (κ1) is 19.8. The number of urea groups is 1. The van der Waals surface area contributed by atoms with E-state index in [0.717, 1.165) is 17.7 Å². The Morgan fingerprint density at radius 3 is 2.63 bits per heavy atom. The molecule has 30 heavy (non-hydrogen) atoms. The fourth-order valence-corrected chi connectivity index (χ4v) is 4.06. The standard InChI is InChI=1S/C22H21N3O4S/c1-28-16-7-8-17(19(13-16)29-2)24-22(27)23-15-6-5-14-9-10-25(18(14)12-15)21(26)20-4-3-11-30-20/h3-8,11-13H,9-10H2,1-2H3,(H2,23,24,27). The van der Waals surface area contributed by atoms with Crippen LogP contribution in [-0.2, 0) is 6.42 Å². The van der Waals surface area contributed by atoms with Gasteiger partial charge in [-0.1, -0.05) is 12.1 Å². The van der Waals surface area contributed by atoms with E-state index in [2.05, 4.69) is 10.6 Å². The summed E-state index contributed by atoms with van der Waals surface area (Å²) in [6.07, 6.45) is 0.794. The van der Waals surface area contributed by atoms with E-state index in [0.29, 0.717) is 34.3 Å². The first-order valence-electron chi connectivity index (χ1n) is 9.37. The molecule has 2 aromatic carbocycles. The Morgan fingerprint density at radius 1 is 1.03 bits per heavy atom. The maximum absolute atomic E-state index is 12.8. The van der Waals surface area contributed by atoms with E-state index >= 15 is 0 Å². The average molecular weight is 423 g/mol. The third kappa shape index (κ3) is 3.95. The van der Waals surface area contributed by atoms with E-state index < -0.39 is 6.03 Å². The van der Waals surface area contributed by atoms with E-state index in [1.165, 1.54) is 18.4 Å². The van der Waals surface area contributed by atoms with Gasteiger partial charge >= 0.3 is 6.03 Å². The Hall–Kier alpha value is -3.52. The van der Waals surface area contributed by atoms with Crippen LogP contribution >= 0.6 is 11.3 Å². The van der Waals surface area contributed by atoms with Crippen LogP contribution < -0.4 is 25.0 Å². The highest BCUT2D eigenvalue weighted by Gasteiger charge is 2.26. The van der Waals surface area contributed by atoms with Crippen LogP contribution in [0.5, 0.6) is 11.5 Å². The summed E-state index contributed by atoms with van der Waals surface area (Å²) in [4.78, 5) is 27.8. The number of rotatable bonds is 5. The lowest BCUT2D eigenvalue weighted by molar-refractivity contribution is 0.0993. The number of hydrogen-bond donors (Lipinski definition) is 2. The monoisotopic (exact) mass is 423 g/mol. The van der Waals surface area contributed by atoms with Gasteiger partial charge in [-0.2, -0.15) is 0 Å². The minimum atomic E-state index is -0.410. The molecule has 154 valence electrons. The molecule has 3 aromatic rings. The number of anilines is 3. The summed E-state index contributed by atoms with van der Waals surface area (Å²) in [6, 6.07) is 14.0. The molecule has 2 N–H and O–H groups in total. The number of carbonyl (C=O) groups excluding carboxylic acids is 2. The highest BCUT2D eigenvalue weighted by Crippen LogP contribution is 2.33. The molecule has 7 nitrogen and oxygen atoms in total. The third-order valence-electron chi connectivity index (χ3n) is 4.87. The highest BCUT2D eigenvalue weighted by atomic mass is 32.1. The molecule has 3 amide bonds. The molecule has 0 unspecified atom stereocenters. The molecule has 4 rings (SSSR count). The minimum Gasteiger partial charge on any atom is -0.497 e. The van der Waals surface area contributed by atoms with Crippen molar-refractivity contribution >= 4 is 40.3 Å². The zero-order valence-electron chi connectivity index (χ0n) is 16.6. The Labute approximate surface area is 178 Å². The summed E-state index contributed by atoms with van der Waals surface area (Å²) in [5, 5.41) is 7.49. The van der Waals surface area contributed by atoms with Gasteiger partial charge in [-0.3, -0.25) is 4.79 Å². The number of nitrogens with one attached hydrogen (secondary N) is 2. The van der Waals surface area contributed by atoms with Crippen LogP contribution in [0.25, 0.3) is 0 Å². The Bertz CT molecular complexity index is 1080. The second kappa shape index (κ2) is 8.46. The quantitative estimate of drug-likeness (QED) is 0.628. The fourth-order valence-electron chi connectivity index (χ4n) is 3.39. The Kier molecular flexibility index (Phi) is 5.58. The van der Waals surface area contributed by atoms with E-state index in [4.69, 9.17) is 9.47 Å². The lowest BCUT2D eigenvalue weighted by Crippen LogP contribution is -2.28. The van der Waals surface area contributed by atoms with E-state index in [-0.39, 0.29) is 5.91 Å². The van der Waals surface area contributed by atoms with Gasteiger partial charge in [0.05, 0.1) is 24.8 Å². The molecule has 0 atom stereocenters. The van der Waals surface area contributed by atoms with Crippen molar-refractivity contribution in [3.05, 3.63) is 64.4 Å². The highest BCUT2D eigenvalue weighted by molar-refractivity contribution is 7.12. The molecule has 2 heterocycles. The summed E-state index contributed by atoms with van der Waals surface area (Å²) in [5.74, 6) is 1.10. The van der Waals surface area contributed by atoms with E-state index in [9.17, 15) is 9.59 Å². The number of carbonyl (C=O) groups is 2. The molecular weight excluding hydrogens is 402 g/mol. The van der Waals surface area contributed by atoms with Crippen molar-refractivity contribution < 1.29 is 19.1 Å². The lowest BCUT2D eigenvalue weighted by atomic mass is 10.1. The molecule has 0 spiro atoms. The van der Waals surface area contributed by atoms with Crippen LogP contribution in [0, 0.1) is 0 Å². The summed E-state index contributed by atoms with van der Waals surface area (Å²) >= 11 is 1.42. The molecule has 0 fully saturated rings. The van der Waals surface area contributed by atoms with Crippen molar-refractivity contribution in [3.8, 4) is 11.5 Å². The number of methoxy groups -OCH3 is 2. The topological polar surface area (TPSA) is 79.9 Å². The van der Waals surface area contributed by atoms with Crippen LogP contribution in [0.2, 0.25) is 0 Å². The van der Waals surface area contributed by atoms with Gasteiger partial charge in [-0.25, -0.2) is 4.79 Å². The van der Waals surface area contributed by atoms with Gasteiger partial charge < -0.3 is 25.0 Å². The lowest BCUT2D eigenvalue weighted by Gasteiger charge is -2.17. The van der Waals surface area contributed by atoms with Crippen molar-refractivity contribution in [1.82, 2.24) is 0 Å².